The Morgan fingerprint density at radius 3 is 2.46 bits per heavy atom. The lowest BCUT2D eigenvalue weighted by atomic mass is 10.1. The van der Waals surface area contributed by atoms with Gasteiger partial charge >= 0.3 is 0 Å². The molecule has 0 amide bonds. The minimum atomic E-state index is 0.0158. The maximum atomic E-state index is 6.29. The molecule has 28 heavy (non-hydrogen) atoms. The van der Waals surface area contributed by atoms with Crippen LogP contribution >= 0.6 is 11.6 Å². The highest BCUT2D eigenvalue weighted by Gasteiger charge is 2.12. The number of hydrogen-bond acceptors (Lipinski definition) is 4. The normalized spacial score (nSPS) is 12.0. The van der Waals surface area contributed by atoms with E-state index in [9.17, 15) is 0 Å². The molecule has 0 fully saturated rings. The van der Waals surface area contributed by atoms with E-state index < -0.39 is 0 Å². The van der Waals surface area contributed by atoms with Crippen LogP contribution < -0.4 is 4.74 Å². The lowest BCUT2D eigenvalue weighted by Crippen LogP contribution is -2.23. The zero-order valence-corrected chi connectivity index (χ0v) is 16.0. The minimum Gasteiger partial charge on any atom is -0.489 e. The molecular weight excluding hydrogens is 374 g/mol. The van der Waals surface area contributed by atoms with E-state index in [0.29, 0.717) is 0 Å². The van der Waals surface area contributed by atoms with Gasteiger partial charge in [-0.3, -0.25) is 0 Å². The molecular formula is C21H20ClN5O. The molecule has 7 heteroatoms. The molecule has 0 radical (unpaired) electrons. The number of hydrogen-bond donors (Lipinski definition) is 0. The number of ether oxygens (including phenoxy) is 1. The smallest absolute Gasteiger partial charge is 0.119 e. The van der Waals surface area contributed by atoms with Crippen molar-refractivity contribution in [2.75, 3.05) is 0 Å². The monoisotopic (exact) mass is 393 g/mol. The molecule has 0 aliphatic rings. The van der Waals surface area contributed by atoms with E-state index >= 15 is 0 Å². The first-order valence-electron chi connectivity index (χ1n) is 9.10. The fraction of sp³-hybridized carbons (Fsp3) is 0.190. The average Bonchev–Trinajstić information content (AvgIpc) is 3.42. The summed E-state index contributed by atoms with van der Waals surface area (Å²) in [6, 6.07) is 15.8. The van der Waals surface area contributed by atoms with Crippen LogP contribution in [0, 0.1) is 0 Å². The SMILES string of the molecule is Clc1ccc(CCC(Cn2ccnc2)Oc2ccc(-n3ccnn3)cc2)cc1. The largest absolute Gasteiger partial charge is 0.489 e. The van der Waals surface area contributed by atoms with Crippen LogP contribution in [0.5, 0.6) is 5.75 Å². The van der Waals surface area contributed by atoms with Crippen LogP contribution in [-0.2, 0) is 13.0 Å². The highest BCUT2D eigenvalue weighted by molar-refractivity contribution is 6.30. The first kappa shape index (κ1) is 18.3. The lowest BCUT2D eigenvalue weighted by molar-refractivity contribution is 0.170. The molecule has 142 valence electrons. The van der Waals surface area contributed by atoms with Crippen LogP contribution in [-0.4, -0.2) is 30.6 Å². The van der Waals surface area contributed by atoms with E-state index in [1.807, 2.05) is 59.7 Å². The third-order valence-corrected chi connectivity index (χ3v) is 4.72. The molecule has 0 bridgehead atoms. The first-order chi connectivity index (χ1) is 13.8. The van der Waals surface area contributed by atoms with Gasteiger partial charge in [0.05, 0.1) is 31.0 Å². The summed E-state index contributed by atoms with van der Waals surface area (Å²) >= 11 is 5.98. The summed E-state index contributed by atoms with van der Waals surface area (Å²) in [4.78, 5) is 4.13. The number of rotatable bonds is 8. The molecule has 0 saturated carbocycles. The summed E-state index contributed by atoms with van der Waals surface area (Å²) in [5, 5.41) is 8.59. The van der Waals surface area contributed by atoms with E-state index in [4.69, 9.17) is 16.3 Å². The van der Waals surface area contributed by atoms with Gasteiger partial charge in [0.2, 0.25) is 0 Å². The van der Waals surface area contributed by atoms with Gasteiger partial charge in [-0.2, -0.15) is 0 Å². The number of nitrogens with zero attached hydrogens (tertiary/aromatic N) is 5. The zero-order valence-electron chi connectivity index (χ0n) is 15.2. The third-order valence-electron chi connectivity index (χ3n) is 4.47. The molecule has 0 spiro atoms. The number of halogens is 1. The topological polar surface area (TPSA) is 57.8 Å². The summed E-state index contributed by atoms with van der Waals surface area (Å²) in [7, 11) is 0. The van der Waals surface area contributed by atoms with E-state index in [-0.39, 0.29) is 6.10 Å². The van der Waals surface area contributed by atoms with Gasteiger partial charge in [0.1, 0.15) is 11.9 Å². The standard InChI is InChI=1S/C21H20ClN5O/c22-18-4-1-17(2-5-18)3-8-21(15-26-13-11-23-16-26)28-20-9-6-19(7-10-20)27-14-12-24-25-27/h1-2,4-7,9-14,16,21H,3,8,15H2. The second kappa shape index (κ2) is 8.71. The van der Waals surface area contributed by atoms with Crippen molar-refractivity contribution in [3.63, 3.8) is 0 Å². The second-order valence-electron chi connectivity index (χ2n) is 6.51. The zero-order chi connectivity index (χ0) is 19.2. The highest BCUT2D eigenvalue weighted by Crippen LogP contribution is 2.19. The first-order valence-corrected chi connectivity index (χ1v) is 9.48. The van der Waals surface area contributed by atoms with Crippen molar-refractivity contribution in [1.29, 1.82) is 0 Å². The lowest BCUT2D eigenvalue weighted by Gasteiger charge is -2.20. The summed E-state index contributed by atoms with van der Waals surface area (Å²) < 4.78 is 10.0. The van der Waals surface area contributed by atoms with Crippen LogP contribution in [0.25, 0.3) is 5.69 Å². The maximum absolute atomic E-state index is 6.29. The van der Waals surface area contributed by atoms with Crippen molar-refractivity contribution in [3.8, 4) is 11.4 Å². The Bertz CT molecular complexity index is 967. The summed E-state index contributed by atoms with van der Waals surface area (Å²) in [5.41, 5.74) is 2.18. The Morgan fingerprint density at radius 1 is 0.964 bits per heavy atom. The molecule has 0 N–H and O–H groups in total. The molecule has 0 aliphatic heterocycles. The second-order valence-corrected chi connectivity index (χ2v) is 6.94. The van der Waals surface area contributed by atoms with Crippen LogP contribution in [0.15, 0.2) is 79.6 Å². The predicted molar refractivity (Wildman–Crippen MR) is 108 cm³/mol. The number of benzene rings is 2. The summed E-state index contributed by atoms with van der Waals surface area (Å²) in [6.45, 7) is 0.735. The van der Waals surface area contributed by atoms with Gasteiger partial charge in [-0.1, -0.05) is 28.9 Å². The van der Waals surface area contributed by atoms with Gasteiger partial charge in [-0.15, -0.1) is 5.10 Å². The van der Waals surface area contributed by atoms with Gasteiger partial charge in [0.25, 0.3) is 0 Å². The quantitative estimate of drug-likeness (QED) is 0.450. The Kier molecular flexibility index (Phi) is 5.68. The molecule has 4 rings (SSSR count). The predicted octanol–water partition coefficient (Wildman–Crippen LogP) is 4.20. The maximum Gasteiger partial charge on any atom is 0.119 e. The van der Waals surface area contributed by atoms with Crippen LogP contribution in [0.4, 0.5) is 0 Å². The van der Waals surface area contributed by atoms with Crippen molar-refractivity contribution in [1.82, 2.24) is 24.5 Å². The average molecular weight is 394 g/mol. The Hall–Kier alpha value is -3.12. The molecule has 4 aromatic rings. The van der Waals surface area contributed by atoms with Gasteiger partial charge in [-0.05, 0) is 54.8 Å². The molecule has 6 nitrogen and oxygen atoms in total. The molecule has 0 saturated heterocycles. The van der Waals surface area contributed by atoms with Crippen LogP contribution in [0.1, 0.15) is 12.0 Å². The molecule has 0 aliphatic carbocycles. The van der Waals surface area contributed by atoms with Crippen molar-refractivity contribution in [3.05, 3.63) is 90.2 Å². The minimum absolute atomic E-state index is 0.0158. The third kappa shape index (κ3) is 4.78. The Labute approximate surface area is 168 Å². The number of aromatic nitrogens is 5. The van der Waals surface area contributed by atoms with Crippen molar-refractivity contribution in [2.45, 2.75) is 25.5 Å². The van der Waals surface area contributed by atoms with Gasteiger partial charge in [0.15, 0.2) is 0 Å². The van der Waals surface area contributed by atoms with E-state index in [1.165, 1.54) is 5.56 Å². The molecule has 1 atom stereocenters. The fourth-order valence-corrected chi connectivity index (χ4v) is 3.14. The molecule has 1 unspecified atom stereocenters. The van der Waals surface area contributed by atoms with Crippen LogP contribution in [0.2, 0.25) is 5.02 Å². The van der Waals surface area contributed by atoms with Gasteiger partial charge < -0.3 is 9.30 Å². The number of imidazole rings is 1. The van der Waals surface area contributed by atoms with Gasteiger partial charge in [-0.25, -0.2) is 9.67 Å². The number of aryl methyl sites for hydroxylation is 1. The van der Waals surface area contributed by atoms with Crippen molar-refractivity contribution < 1.29 is 4.74 Å². The Balaban J connectivity index is 1.44. The van der Waals surface area contributed by atoms with E-state index in [2.05, 4.69) is 27.4 Å². The summed E-state index contributed by atoms with van der Waals surface area (Å²) in [5.74, 6) is 0.824. The Morgan fingerprint density at radius 2 is 1.79 bits per heavy atom. The highest BCUT2D eigenvalue weighted by atomic mass is 35.5. The van der Waals surface area contributed by atoms with E-state index in [0.717, 1.165) is 35.8 Å². The molecule has 2 aromatic heterocycles. The molecule has 2 heterocycles. The summed E-state index contributed by atoms with van der Waals surface area (Å²) in [6.07, 6.45) is 10.8. The van der Waals surface area contributed by atoms with Gasteiger partial charge in [0, 0.05) is 17.4 Å². The van der Waals surface area contributed by atoms with Crippen molar-refractivity contribution >= 4 is 11.6 Å². The van der Waals surface area contributed by atoms with Crippen molar-refractivity contribution in [2.24, 2.45) is 0 Å². The van der Waals surface area contributed by atoms with Crippen LogP contribution in [0.3, 0.4) is 0 Å². The fourth-order valence-electron chi connectivity index (χ4n) is 3.01. The van der Waals surface area contributed by atoms with E-state index in [1.54, 1.807) is 17.1 Å². The molecule has 2 aromatic carbocycles.